The maximum absolute atomic E-state index is 12.4. The Kier molecular flexibility index (Phi) is 5.60. The van der Waals surface area contributed by atoms with Crippen LogP contribution >= 0.6 is 0 Å². The third-order valence-electron chi connectivity index (χ3n) is 3.69. The van der Waals surface area contributed by atoms with Crippen LogP contribution in [-0.2, 0) is 9.53 Å². The summed E-state index contributed by atoms with van der Waals surface area (Å²) in [4.78, 5) is 14.3. The fourth-order valence-corrected chi connectivity index (χ4v) is 2.36. The van der Waals surface area contributed by atoms with Gasteiger partial charge in [-0.25, -0.2) is 0 Å². The van der Waals surface area contributed by atoms with Crippen molar-refractivity contribution in [3.05, 3.63) is 0 Å². The Bertz CT molecular complexity index is 279. The third-order valence-corrected chi connectivity index (χ3v) is 3.69. The van der Waals surface area contributed by atoms with Gasteiger partial charge in [0.2, 0.25) is 5.91 Å². The molecule has 1 amide bonds. The predicted molar refractivity (Wildman–Crippen MR) is 73.3 cm³/mol. The lowest BCUT2D eigenvalue weighted by atomic mass is 10.1. The molecule has 1 aliphatic rings. The maximum atomic E-state index is 12.4. The summed E-state index contributed by atoms with van der Waals surface area (Å²) in [5, 5.41) is 3.44. The second-order valence-electron chi connectivity index (χ2n) is 5.72. The van der Waals surface area contributed by atoms with Gasteiger partial charge < -0.3 is 9.64 Å². The molecule has 1 N–H and O–H groups in total. The molecule has 0 radical (unpaired) electrons. The number of hydrogen-bond donors (Lipinski definition) is 1. The van der Waals surface area contributed by atoms with Gasteiger partial charge in [0.25, 0.3) is 0 Å². The highest BCUT2D eigenvalue weighted by Gasteiger charge is 2.39. The summed E-state index contributed by atoms with van der Waals surface area (Å²) in [6, 6.07) is 0.00237. The average molecular weight is 256 g/mol. The van der Waals surface area contributed by atoms with Crippen molar-refractivity contribution < 1.29 is 9.53 Å². The Balaban J connectivity index is 2.67. The molecule has 2 unspecified atom stereocenters. The van der Waals surface area contributed by atoms with Crippen molar-refractivity contribution in [2.24, 2.45) is 0 Å². The van der Waals surface area contributed by atoms with Gasteiger partial charge >= 0.3 is 0 Å². The summed E-state index contributed by atoms with van der Waals surface area (Å²) in [6.45, 7) is 8.96. The number of carbonyl (C=O) groups is 1. The number of rotatable bonds is 7. The molecule has 0 aromatic heterocycles. The van der Waals surface area contributed by atoms with E-state index in [1.54, 1.807) is 7.11 Å². The van der Waals surface area contributed by atoms with E-state index in [9.17, 15) is 4.79 Å². The van der Waals surface area contributed by atoms with Crippen LogP contribution in [0.3, 0.4) is 0 Å². The summed E-state index contributed by atoms with van der Waals surface area (Å²) in [5.41, 5.74) is -0.287. The lowest BCUT2D eigenvalue weighted by Gasteiger charge is -2.32. The fourth-order valence-electron chi connectivity index (χ4n) is 2.36. The summed E-state index contributed by atoms with van der Waals surface area (Å²) >= 11 is 0. The molecule has 0 aliphatic carbocycles. The molecule has 1 saturated heterocycles. The average Bonchev–Trinajstić information content (AvgIpc) is 2.64. The standard InChI is InChI=1S/C14H28N2O2/c1-6-8-9-11-13(17)16(12(7-2)15-11)10-14(3,4)18-5/h11-12,15H,6-10H2,1-5H3. The third kappa shape index (κ3) is 3.69. The predicted octanol–water partition coefficient (Wildman–Crippen LogP) is 2.14. The molecular formula is C14H28N2O2. The number of unbranched alkanes of at least 4 members (excludes halogenated alkanes) is 1. The van der Waals surface area contributed by atoms with Crippen LogP contribution < -0.4 is 5.32 Å². The van der Waals surface area contributed by atoms with Gasteiger partial charge in [0.05, 0.1) is 24.4 Å². The minimum absolute atomic E-state index is 0.00237. The van der Waals surface area contributed by atoms with E-state index >= 15 is 0 Å². The van der Waals surface area contributed by atoms with Crippen molar-refractivity contribution >= 4 is 5.91 Å². The topological polar surface area (TPSA) is 41.6 Å². The van der Waals surface area contributed by atoms with Crippen molar-refractivity contribution in [1.29, 1.82) is 0 Å². The molecule has 0 aromatic carbocycles. The summed E-state index contributed by atoms with van der Waals surface area (Å²) in [5.74, 6) is 0.237. The molecule has 0 aromatic rings. The largest absolute Gasteiger partial charge is 0.377 e. The van der Waals surface area contributed by atoms with Gasteiger partial charge in [0, 0.05) is 7.11 Å². The number of nitrogens with zero attached hydrogens (tertiary/aromatic N) is 1. The summed E-state index contributed by atoms with van der Waals surface area (Å²) in [7, 11) is 1.70. The van der Waals surface area contributed by atoms with Gasteiger partial charge in [-0.15, -0.1) is 0 Å². The maximum Gasteiger partial charge on any atom is 0.241 e. The zero-order valence-corrected chi connectivity index (χ0v) is 12.5. The highest BCUT2D eigenvalue weighted by Crippen LogP contribution is 2.21. The van der Waals surface area contributed by atoms with E-state index in [1.165, 1.54) is 0 Å². The minimum atomic E-state index is -0.287. The molecule has 1 heterocycles. The van der Waals surface area contributed by atoms with Crippen LogP contribution in [0.4, 0.5) is 0 Å². The molecule has 4 nitrogen and oxygen atoms in total. The number of hydrogen-bond acceptors (Lipinski definition) is 3. The molecule has 1 rings (SSSR count). The highest BCUT2D eigenvalue weighted by atomic mass is 16.5. The van der Waals surface area contributed by atoms with Gasteiger partial charge in [-0.1, -0.05) is 26.7 Å². The minimum Gasteiger partial charge on any atom is -0.377 e. The quantitative estimate of drug-likeness (QED) is 0.759. The molecule has 0 spiro atoms. The molecule has 1 aliphatic heterocycles. The molecule has 106 valence electrons. The first-order valence-electron chi connectivity index (χ1n) is 7.06. The summed E-state index contributed by atoms with van der Waals surface area (Å²) in [6.07, 6.45) is 4.27. The normalized spacial score (nSPS) is 24.9. The van der Waals surface area contributed by atoms with E-state index in [4.69, 9.17) is 4.74 Å². The van der Waals surface area contributed by atoms with Crippen LogP contribution in [0.1, 0.15) is 53.4 Å². The van der Waals surface area contributed by atoms with Crippen molar-refractivity contribution in [3.63, 3.8) is 0 Å². The number of nitrogens with one attached hydrogen (secondary N) is 1. The fraction of sp³-hybridized carbons (Fsp3) is 0.929. The van der Waals surface area contributed by atoms with Gasteiger partial charge in [-0.3, -0.25) is 10.1 Å². The number of methoxy groups -OCH3 is 1. The van der Waals surface area contributed by atoms with Crippen LogP contribution in [0, 0.1) is 0 Å². The van der Waals surface area contributed by atoms with Crippen molar-refractivity contribution in [3.8, 4) is 0 Å². The van der Waals surface area contributed by atoms with Gasteiger partial charge in [0.1, 0.15) is 0 Å². The van der Waals surface area contributed by atoms with Gasteiger partial charge in [-0.05, 0) is 26.7 Å². The van der Waals surface area contributed by atoms with E-state index < -0.39 is 0 Å². The smallest absolute Gasteiger partial charge is 0.241 e. The van der Waals surface area contributed by atoms with E-state index in [0.717, 1.165) is 25.7 Å². The van der Waals surface area contributed by atoms with Crippen LogP contribution in [0.25, 0.3) is 0 Å². The molecule has 0 saturated carbocycles. The Morgan fingerprint density at radius 3 is 2.56 bits per heavy atom. The van der Waals surface area contributed by atoms with Crippen molar-refractivity contribution in [1.82, 2.24) is 10.2 Å². The number of ether oxygens (including phenoxy) is 1. The van der Waals surface area contributed by atoms with Crippen LogP contribution in [0.5, 0.6) is 0 Å². The first-order chi connectivity index (χ1) is 8.45. The lowest BCUT2D eigenvalue weighted by Crippen LogP contribution is -2.46. The Hall–Kier alpha value is -0.610. The Morgan fingerprint density at radius 1 is 1.39 bits per heavy atom. The van der Waals surface area contributed by atoms with Crippen LogP contribution in [0.2, 0.25) is 0 Å². The van der Waals surface area contributed by atoms with E-state index in [2.05, 4.69) is 19.2 Å². The second kappa shape index (κ2) is 6.53. The van der Waals surface area contributed by atoms with Crippen LogP contribution in [0.15, 0.2) is 0 Å². The summed E-state index contributed by atoms with van der Waals surface area (Å²) < 4.78 is 5.44. The first kappa shape index (κ1) is 15.4. The van der Waals surface area contributed by atoms with E-state index in [-0.39, 0.29) is 23.7 Å². The van der Waals surface area contributed by atoms with Gasteiger partial charge in [0.15, 0.2) is 0 Å². The van der Waals surface area contributed by atoms with Crippen molar-refractivity contribution in [2.45, 2.75) is 71.2 Å². The molecule has 0 bridgehead atoms. The first-order valence-corrected chi connectivity index (χ1v) is 7.06. The monoisotopic (exact) mass is 256 g/mol. The highest BCUT2D eigenvalue weighted by molar-refractivity contribution is 5.84. The number of amides is 1. The van der Waals surface area contributed by atoms with E-state index in [1.807, 2.05) is 18.7 Å². The number of carbonyl (C=O) groups excluding carboxylic acids is 1. The van der Waals surface area contributed by atoms with Crippen LogP contribution in [-0.4, -0.2) is 42.3 Å². The lowest BCUT2D eigenvalue weighted by molar-refractivity contribution is -0.133. The Labute approximate surface area is 111 Å². The van der Waals surface area contributed by atoms with Gasteiger partial charge in [-0.2, -0.15) is 0 Å². The molecule has 4 heteroatoms. The SMILES string of the molecule is CCCCC1NC(CC)N(CC(C)(C)OC)C1=O. The van der Waals surface area contributed by atoms with E-state index in [0.29, 0.717) is 6.54 Å². The molecule has 1 fully saturated rings. The van der Waals surface area contributed by atoms with Crippen molar-refractivity contribution in [2.75, 3.05) is 13.7 Å². The molecule has 2 atom stereocenters. The zero-order valence-electron chi connectivity index (χ0n) is 12.5. The molecule has 18 heavy (non-hydrogen) atoms. The zero-order chi connectivity index (χ0) is 13.8. The Morgan fingerprint density at radius 2 is 2.06 bits per heavy atom. The molecular weight excluding hydrogens is 228 g/mol. The second-order valence-corrected chi connectivity index (χ2v) is 5.72.